The van der Waals surface area contributed by atoms with Crippen LogP contribution in [0.4, 0.5) is 0 Å². The monoisotopic (exact) mass is 460 g/mol. The first kappa shape index (κ1) is 23.8. The summed E-state index contributed by atoms with van der Waals surface area (Å²) in [5, 5.41) is 13.5. The van der Waals surface area contributed by atoms with Crippen LogP contribution < -0.4 is 5.56 Å². The van der Waals surface area contributed by atoms with E-state index in [0.29, 0.717) is 26.2 Å². The normalized spacial score (nSPS) is 12.5. The van der Waals surface area contributed by atoms with Gasteiger partial charge in [0.05, 0.1) is 19.2 Å². The van der Waals surface area contributed by atoms with Crippen LogP contribution >= 0.6 is 0 Å². The van der Waals surface area contributed by atoms with Gasteiger partial charge in [-0.1, -0.05) is 48.9 Å². The standard InChI is InChI=1S/C26H32N6O2/c1-5-24(25-28-29-30-32(25)12-13-34-4)31(16-20-9-6-18(2)7-10-20)17-22-15-21-11-8-19(3)14-23(21)27-26(22)33/h6-11,14-15,24H,5,12-13,16-17H2,1-4H3,(H,27,33). The topological polar surface area (TPSA) is 88.9 Å². The van der Waals surface area contributed by atoms with E-state index in [-0.39, 0.29) is 11.6 Å². The van der Waals surface area contributed by atoms with Crippen LogP contribution in [0.15, 0.2) is 53.3 Å². The van der Waals surface area contributed by atoms with E-state index in [9.17, 15) is 4.79 Å². The summed E-state index contributed by atoms with van der Waals surface area (Å²) in [4.78, 5) is 18.4. The molecule has 0 amide bonds. The molecule has 0 aliphatic carbocycles. The molecule has 0 spiro atoms. The molecule has 178 valence electrons. The Morgan fingerprint density at radius 2 is 1.82 bits per heavy atom. The number of rotatable bonds is 10. The fourth-order valence-electron chi connectivity index (χ4n) is 4.29. The smallest absolute Gasteiger partial charge is 0.252 e. The Morgan fingerprint density at radius 1 is 1.06 bits per heavy atom. The van der Waals surface area contributed by atoms with Crippen LogP contribution in [0.25, 0.3) is 10.9 Å². The average Bonchev–Trinajstić information content (AvgIpc) is 3.28. The highest BCUT2D eigenvalue weighted by molar-refractivity contribution is 5.79. The summed E-state index contributed by atoms with van der Waals surface area (Å²) in [6, 6.07) is 16.5. The largest absolute Gasteiger partial charge is 0.383 e. The summed E-state index contributed by atoms with van der Waals surface area (Å²) in [5.74, 6) is 0.777. The predicted octanol–water partition coefficient (Wildman–Crippen LogP) is 3.93. The van der Waals surface area contributed by atoms with Crippen molar-refractivity contribution in [2.75, 3.05) is 13.7 Å². The zero-order valence-corrected chi connectivity index (χ0v) is 20.3. The van der Waals surface area contributed by atoms with Crippen LogP contribution in [-0.2, 0) is 24.4 Å². The van der Waals surface area contributed by atoms with Crippen molar-refractivity contribution in [1.29, 1.82) is 0 Å². The minimum absolute atomic E-state index is 0.0683. The lowest BCUT2D eigenvalue weighted by Crippen LogP contribution is -2.32. The molecule has 1 unspecified atom stereocenters. The number of nitrogens with one attached hydrogen (secondary N) is 1. The van der Waals surface area contributed by atoms with E-state index in [0.717, 1.165) is 34.3 Å². The third-order valence-electron chi connectivity index (χ3n) is 6.15. The number of pyridine rings is 1. The molecule has 8 nitrogen and oxygen atoms in total. The number of nitrogens with zero attached hydrogens (tertiary/aromatic N) is 5. The molecule has 34 heavy (non-hydrogen) atoms. The van der Waals surface area contributed by atoms with Gasteiger partial charge < -0.3 is 9.72 Å². The zero-order chi connectivity index (χ0) is 24.1. The van der Waals surface area contributed by atoms with Crippen molar-refractivity contribution < 1.29 is 4.74 Å². The van der Waals surface area contributed by atoms with Gasteiger partial charge in [0, 0.05) is 31.3 Å². The minimum atomic E-state index is -0.0687. The molecule has 4 rings (SSSR count). The molecule has 0 aliphatic rings. The average molecular weight is 461 g/mol. The number of H-pyrrole nitrogens is 1. The number of aryl methyl sites for hydroxylation is 2. The lowest BCUT2D eigenvalue weighted by Gasteiger charge is -2.30. The molecule has 0 fully saturated rings. The molecule has 0 aliphatic heterocycles. The SMILES string of the molecule is CCC(c1nnnn1CCOC)N(Cc1ccc(C)cc1)Cc1cc2ccc(C)cc2[nH]c1=O. The third kappa shape index (κ3) is 5.40. The van der Waals surface area contributed by atoms with Gasteiger partial charge in [-0.05, 0) is 59.3 Å². The Kier molecular flexibility index (Phi) is 7.49. The van der Waals surface area contributed by atoms with Crippen LogP contribution in [0.5, 0.6) is 0 Å². The van der Waals surface area contributed by atoms with Gasteiger partial charge in [-0.25, -0.2) is 4.68 Å². The van der Waals surface area contributed by atoms with E-state index in [2.05, 4.69) is 75.7 Å². The second kappa shape index (κ2) is 10.7. The number of ether oxygens (including phenoxy) is 1. The molecule has 2 aromatic carbocycles. The number of methoxy groups -OCH3 is 1. The summed E-state index contributed by atoms with van der Waals surface area (Å²) in [7, 11) is 1.67. The first-order valence-electron chi connectivity index (χ1n) is 11.7. The fraction of sp³-hybridized carbons (Fsp3) is 0.385. The van der Waals surface area contributed by atoms with E-state index in [4.69, 9.17) is 4.74 Å². The van der Waals surface area contributed by atoms with Gasteiger partial charge in [0.15, 0.2) is 5.82 Å². The molecule has 2 heterocycles. The molecule has 1 N–H and O–H groups in total. The number of aromatic amines is 1. The number of aromatic nitrogens is 5. The first-order chi connectivity index (χ1) is 16.5. The molecule has 1 atom stereocenters. The number of hydrogen-bond donors (Lipinski definition) is 1. The van der Waals surface area contributed by atoms with E-state index in [1.807, 2.05) is 19.1 Å². The number of hydrogen-bond acceptors (Lipinski definition) is 6. The highest BCUT2D eigenvalue weighted by Crippen LogP contribution is 2.26. The zero-order valence-electron chi connectivity index (χ0n) is 20.3. The summed E-state index contributed by atoms with van der Waals surface area (Å²) in [5.41, 5.74) is 5.01. The van der Waals surface area contributed by atoms with Crippen molar-refractivity contribution in [2.24, 2.45) is 0 Å². The number of fused-ring (bicyclic) bond motifs is 1. The maximum Gasteiger partial charge on any atom is 0.252 e. The Labute approximate surface area is 199 Å². The van der Waals surface area contributed by atoms with Gasteiger partial charge in [-0.3, -0.25) is 9.69 Å². The highest BCUT2D eigenvalue weighted by atomic mass is 16.5. The summed E-state index contributed by atoms with van der Waals surface area (Å²) in [6.07, 6.45) is 0.796. The van der Waals surface area contributed by atoms with Crippen LogP contribution in [0.1, 0.15) is 47.5 Å². The second-order valence-electron chi connectivity index (χ2n) is 8.78. The molecule has 0 saturated heterocycles. The number of benzene rings is 2. The maximum atomic E-state index is 13.0. The maximum absolute atomic E-state index is 13.0. The molecule has 0 radical (unpaired) electrons. The third-order valence-corrected chi connectivity index (χ3v) is 6.15. The molecule has 2 aromatic heterocycles. The Morgan fingerprint density at radius 3 is 2.56 bits per heavy atom. The van der Waals surface area contributed by atoms with Crippen molar-refractivity contribution in [3.63, 3.8) is 0 Å². The first-order valence-corrected chi connectivity index (χ1v) is 11.7. The van der Waals surface area contributed by atoms with Crippen LogP contribution in [0.2, 0.25) is 0 Å². The predicted molar refractivity (Wildman–Crippen MR) is 132 cm³/mol. The van der Waals surface area contributed by atoms with Crippen molar-refractivity contribution in [3.05, 3.63) is 87.0 Å². The summed E-state index contributed by atoms with van der Waals surface area (Å²) >= 11 is 0. The van der Waals surface area contributed by atoms with Crippen LogP contribution in [0.3, 0.4) is 0 Å². The van der Waals surface area contributed by atoms with Gasteiger partial charge in [0.2, 0.25) is 0 Å². The van der Waals surface area contributed by atoms with Crippen molar-refractivity contribution in [3.8, 4) is 0 Å². The highest BCUT2D eigenvalue weighted by Gasteiger charge is 2.26. The lowest BCUT2D eigenvalue weighted by molar-refractivity contribution is 0.151. The summed E-state index contributed by atoms with van der Waals surface area (Å²) in [6.45, 7) is 8.46. The van der Waals surface area contributed by atoms with Crippen molar-refractivity contribution in [2.45, 2.75) is 52.9 Å². The fourth-order valence-corrected chi connectivity index (χ4v) is 4.29. The Hall–Kier alpha value is -3.36. The van der Waals surface area contributed by atoms with E-state index < -0.39 is 0 Å². The van der Waals surface area contributed by atoms with Crippen LogP contribution in [-0.4, -0.2) is 43.8 Å². The van der Waals surface area contributed by atoms with E-state index in [1.54, 1.807) is 11.8 Å². The molecule has 4 aromatic rings. The number of tetrazole rings is 1. The van der Waals surface area contributed by atoms with Gasteiger partial charge in [0.25, 0.3) is 5.56 Å². The molecule has 0 bridgehead atoms. The molecular weight excluding hydrogens is 428 g/mol. The second-order valence-corrected chi connectivity index (χ2v) is 8.78. The van der Waals surface area contributed by atoms with Gasteiger partial charge in [-0.15, -0.1) is 5.10 Å². The molecule has 0 saturated carbocycles. The Bertz CT molecular complexity index is 1290. The van der Waals surface area contributed by atoms with E-state index >= 15 is 0 Å². The lowest BCUT2D eigenvalue weighted by atomic mass is 10.1. The van der Waals surface area contributed by atoms with E-state index in [1.165, 1.54) is 11.1 Å². The minimum Gasteiger partial charge on any atom is -0.383 e. The Balaban J connectivity index is 1.72. The van der Waals surface area contributed by atoms with Gasteiger partial charge in [0.1, 0.15) is 0 Å². The van der Waals surface area contributed by atoms with Crippen molar-refractivity contribution in [1.82, 2.24) is 30.1 Å². The quantitative estimate of drug-likeness (QED) is 0.386. The van der Waals surface area contributed by atoms with Gasteiger partial charge in [-0.2, -0.15) is 0 Å². The summed E-state index contributed by atoms with van der Waals surface area (Å²) < 4.78 is 7.03. The van der Waals surface area contributed by atoms with Crippen LogP contribution in [0, 0.1) is 13.8 Å². The van der Waals surface area contributed by atoms with Gasteiger partial charge >= 0.3 is 0 Å². The molecular formula is C26H32N6O2. The molecule has 8 heteroatoms. The van der Waals surface area contributed by atoms with Crippen molar-refractivity contribution >= 4 is 10.9 Å².